The van der Waals surface area contributed by atoms with Crippen molar-refractivity contribution in [2.75, 3.05) is 0 Å². The summed E-state index contributed by atoms with van der Waals surface area (Å²) in [6, 6.07) is 10.5. The molecule has 4 rings (SSSR count). The lowest BCUT2D eigenvalue weighted by molar-refractivity contribution is 0.0938. The van der Waals surface area contributed by atoms with E-state index < -0.39 is 6.04 Å². The number of amides is 1. The Morgan fingerprint density at radius 2 is 1.79 bits per heavy atom. The third-order valence-corrected chi connectivity index (χ3v) is 4.79. The number of hydrogen-bond acceptors (Lipinski definition) is 3. The van der Waals surface area contributed by atoms with Gasteiger partial charge in [-0.2, -0.15) is 0 Å². The first kappa shape index (κ1) is 15.0. The average molecular weight is 340 g/mol. The molecule has 0 bridgehead atoms. The third-order valence-electron chi connectivity index (χ3n) is 4.39. The normalized spacial score (nSPS) is 16.3. The van der Waals surface area contributed by atoms with E-state index in [9.17, 15) is 9.59 Å². The second kappa shape index (κ2) is 5.21. The molecule has 5 heteroatoms. The van der Waals surface area contributed by atoms with Crippen molar-refractivity contribution in [3.05, 3.63) is 79.7 Å². The van der Waals surface area contributed by atoms with Gasteiger partial charge < -0.3 is 9.73 Å². The summed E-state index contributed by atoms with van der Waals surface area (Å²) in [6.07, 6.45) is 0. The van der Waals surface area contributed by atoms with Gasteiger partial charge in [0.15, 0.2) is 5.43 Å². The maximum absolute atomic E-state index is 13.0. The lowest BCUT2D eigenvalue weighted by atomic mass is 9.98. The highest BCUT2D eigenvalue weighted by molar-refractivity contribution is 6.32. The molecule has 1 aliphatic rings. The Labute approximate surface area is 143 Å². The summed E-state index contributed by atoms with van der Waals surface area (Å²) in [6.45, 7) is 3.81. The van der Waals surface area contributed by atoms with E-state index in [-0.39, 0.29) is 17.1 Å². The molecule has 1 N–H and O–H groups in total. The Morgan fingerprint density at radius 3 is 2.50 bits per heavy atom. The number of fused-ring (bicyclic) bond motifs is 2. The zero-order chi connectivity index (χ0) is 17.0. The van der Waals surface area contributed by atoms with Crippen LogP contribution in [-0.2, 0) is 0 Å². The molecule has 3 aromatic rings. The van der Waals surface area contributed by atoms with Crippen LogP contribution >= 0.6 is 11.6 Å². The predicted molar refractivity (Wildman–Crippen MR) is 92.7 cm³/mol. The molecule has 1 amide bonds. The van der Waals surface area contributed by atoms with Crippen molar-refractivity contribution in [2.45, 2.75) is 19.9 Å². The number of halogens is 1. The largest absolute Gasteiger partial charge is 0.450 e. The summed E-state index contributed by atoms with van der Waals surface area (Å²) in [5.74, 6) is -0.290. The number of aryl methyl sites for hydroxylation is 2. The molecule has 0 saturated heterocycles. The first-order chi connectivity index (χ1) is 11.5. The molecule has 120 valence electrons. The molecule has 1 aromatic heterocycles. The second-order valence-corrected chi connectivity index (χ2v) is 6.50. The van der Waals surface area contributed by atoms with Crippen LogP contribution in [0.1, 0.15) is 38.9 Å². The van der Waals surface area contributed by atoms with Crippen molar-refractivity contribution >= 4 is 28.5 Å². The first-order valence-corrected chi connectivity index (χ1v) is 7.98. The number of nitrogens with one attached hydrogen (secondary N) is 1. The monoisotopic (exact) mass is 339 g/mol. The van der Waals surface area contributed by atoms with Crippen LogP contribution in [0.4, 0.5) is 0 Å². The molecule has 2 aromatic carbocycles. The second-order valence-electron chi connectivity index (χ2n) is 6.09. The quantitative estimate of drug-likeness (QED) is 0.731. The van der Waals surface area contributed by atoms with Gasteiger partial charge in [-0.05, 0) is 37.1 Å². The molecular formula is C19H14ClNO3. The fourth-order valence-electron chi connectivity index (χ4n) is 3.04. The Kier molecular flexibility index (Phi) is 3.25. The highest BCUT2D eigenvalue weighted by Gasteiger charge is 2.35. The fraction of sp³-hybridized carbons (Fsp3) is 0.158. The minimum absolute atomic E-state index is 0.0831. The van der Waals surface area contributed by atoms with Crippen molar-refractivity contribution in [2.24, 2.45) is 0 Å². The molecule has 1 atom stereocenters. The molecule has 1 aliphatic heterocycles. The van der Waals surface area contributed by atoms with E-state index >= 15 is 0 Å². The fourth-order valence-corrected chi connectivity index (χ4v) is 3.20. The molecule has 4 nitrogen and oxygen atoms in total. The van der Waals surface area contributed by atoms with E-state index in [4.69, 9.17) is 16.0 Å². The molecule has 2 heterocycles. The summed E-state index contributed by atoms with van der Waals surface area (Å²) in [4.78, 5) is 25.3. The van der Waals surface area contributed by atoms with Crippen LogP contribution in [0, 0.1) is 13.8 Å². The van der Waals surface area contributed by atoms with Crippen LogP contribution in [0.2, 0.25) is 5.02 Å². The molecule has 1 unspecified atom stereocenters. The number of carbonyl (C=O) groups excluding carboxylic acids is 1. The summed E-state index contributed by atoms with van der Waals surface area (Å²) in [5, 5.41) is 3.72. The van der Waals surface area contributed by atoms with Crippen molar-refractivity contribution < 1.29 is 9.21 Å². The van der Waals surface area contributed by atoms with Gasteiger partial charge in [-0.25, -0.2) is 0 Å². The van der Waals surface area contributed by atoms with Crippen LogP contribution in [0.15, 0.2) is 45.6 Å². The highest BCUT2D eigenvalue weighted by atomic mass is 35.5. The lowest BCUT2D eigenvalue weighted by Crippen LogP contribution is -2.21. The smallest absolute Gasteiger partial charge is 0.288 e. The molecule has 0 aliphatic carbocycles. The van der Waals surface area contributed by atoms with Gasteiger partial charge in [0.1, 0.15) is 5.58 Å². The number of benzene rings is 2. The van der Waals surface area contributed by atoms with Gasteiger partial charge in [0.25, 0.3) is 5.91 Å². The maximum Gasteiger partial charge on any atom is 0.288 e. The van der Waals surface area contributed by atoms with Gasteiger partial charge in [0, 0.05) is 5.02 Å². The summed E-state index contributed by atoms with van der Waals surface area (Å²) in [7, 11) is 0. The molecular weight excluding hydrogens is 326 g/mol. The van der Waals surface area contributed by atoms with E-state index in [1.807, 2.05) is 38.1 Å². The molecule has 0 spiro atoms. The Balaban J connectivity index is 2.00. The molecule has 24 heavy (non-hydrogen) atoms. The molecule has 0 saturated carbocycles. The number of carbonyl (C=O) groups is 1. The van der Waals surface area contributed by atoms with Gasteiger partial charge in [-0.15, -0.1) is 0 Å². The Bertz CT molecular complexity index is 1050. The maximum atomic E-state index is 13.0. The Hall–Kier alpha value is -2.59. The summed E-state index contributed by atoms with van der Waals surface area (Å²) in [5.41, 5.74) is 3.24. The predicted octanol–water partition coefficient (Wildman–Crippen LogP) is 3.90. The summed E-state index contributed by atoms with van der Waals surface area (Å²) < 4.78 is 5.74. The minimum Gasteiger partial charge on any atom is -0.450 e. The molecule has 0 radical (unpaired) electrons. The standard InChI is InChI=1S/C19H14ClNO3/c1-9-3-5-11(6-4-9)16-15-17(22)12-8-13(20)10(2)7-14(12)24-18(15)19(23)21-16/h3-8,16H,1-2H3,(H,21,23). The van der Waals surface area contributed by atoms with Gasteiger partial charge in [0.2, 0.25) is 5.76 Å². The van der Waals surface area contributed by atoms with Gasteiger partial charge in [-0.1, -0.05) is 41.4 Å². The number of rotatable bonds is 1. The topological polar surface area (TPSA) is 59.3 Å². The van der Waals surface area contributed by atoms with E-state index in [1.54, 1.807) is 12.1 Å². The van der Waals surface area contributed by atoms with Crippen LogP contribution in [0.25, 0.3) is 11.0 Å². The molecule has 0 fully saturated rings. The van der Waals surface area contributed by atoms with Gasteiger partial charge in [-0.3, -0.25) is 9.59 Å². The highest BCUT2D eigenvalue weighted by Crippen LogP contribution is 2.32. The van der Waals surface area contributed by atoms with Crippen molar-refractivity contribution in [3.8, 4) is 0 Å². The van der Waals surface area contributed by atoms with E-state index in [2.05, 4.69) is 5.32 Å². The van der Waals surface area contributed by atoms with Crippen LogP contribution in [-0.4, -0.2) is 5.91 Å². The van der Waals surface area contributed by atoms with Gasteiger partial charge in [0.05, 0.1) is 17.0 Å². The zero-order valence-electron chi connectivity index (χ0n) is 13.1. The van der Waals surface area contributed by atoms with E-state index in [0.717, 1.165) is 16.7 Å². The summed E-state index contributed by atoms with van der Waals surface area (Å²) >= 11 is 6.15. The Morgan fingerprint density at radius 1 is 1.08 bits per heavy atom. The van der Waals surface area contributed by atoms with Crippen LogP contribution in [0.3, 0.4) is 0 Å². The van der Waals surface area contributed by atoms with Crippen molar-refractivity contribution in [1.29, 1.82) is 0 Å². The number of hydrogen-bond donors (Lipinski definition) is 1. The van der Waals surface area contributed by atoms with E-state index in [1.165, 1.54) is 0 Å². The van der Waals surface area contributed by atoms with Crippen LogP contribution in [0.5, 0.6) is 0 Å². The SMILES string of the molecule is Cc1ccc(C2NC(=O)c3oc4cc(C)c(Cl)cc4c(=O)c32)cc1. The van der Waals surface area contributed by atoms with Gasteiger partial charge >= 0.3 is 0 Å². The third kappa shape index (κ3) is 2.14. The van der Waals surface area contributed by atoms with Crippen molar-refractivity contribution in [1.82, 2.24) is 5.32 Å². The first-order valence-electron chi connectivity index (χ1n) is 7.60. The van der Waals surface area contributed by atoms with Crippen molar-refractivity contribution in [3.63, 3.8) is 0 Å². The zero-order valence-corrected chi connectivity index (χ0v) is 13.9. The average Bonchev–Trinajstić information content (AvgIpc) is 2.88. The van der Waals surface area contributed by atoms with E-state index in [0.29, 0.717) is 21.6 Å². The lowest BCUT2D eigenvalue weighted by Gasteiger charge is -2.12. The minimum atomic E-state index is -0.506. The van der Waals surface area contributed by atoms with Crippen LogP contribution < -0.4 is 10.7 Å².